The van der Waals surface area contributed by atoms with Crippen LogP contribution in [0.3, 0.4) is 0 Å². The third-order valence-corrected chi connectivity index (χ3v) is 1.89. The molecule has 9 heavy (non-hydrogen) atoms. The first-order valence-corrected chi connectivity index (χ1v) is 3.41. The van der Waals surface area contributed by atoms with Crippen molar-refractivity contribution in [3.8, 4) is 0 Å². The van der Waals surface area contributed by atoms with E-state index in [9.17, 15) is 9.90 Å². The predicted octanol–water partition coefficient (Wildman–Crippen LogP) is 0.765. The first-order chi connectivity index (χ1) is 4.20. The summed E-state index contributed by atoms with van der Waals surface area (Å²) in [5, 5.41) is 11.5. The molecule has 0 atom stereocenters. The molecular weight excluding hydrogens is 160 g/mol. The van der Waals surface area contributed by atoms with E-state index in [-0.39, 0.29) is 5.56 Å². The Morgan fingerprint density at radius 2 is 2.44 bits per heavy atom. The summed E-state index contributed by atoms with van der Waals surface area (Å²) in [5.41, 5.74) is 0.144. The maximum absolute atomic E-state index is 10.1. The lowest BCUT2D eigenvalue weighted by atomic mass is 10.4. The number of rotatable bonds is 1. The van der Waals surface area contributed by atoms with Crippen LogP contribution in [0.25, 0.3) is 0 Å². The van der Waals surface area contributed by atoms with Gasteiger partial charge in [-0.25, -0.2) is 0 Å². The van der Waals surface area contributed by atoms with Crippen LogP contribution in [-0.4, -0.2) is 5.97 Å². The molecule has 0 aliphatic rings. The molecule has 1 rings (SSSR count). The van der Waals surface area contributed by atoms with Crippen LogP contribution in [0, 0.1) is 0 Å². The number of thiophene rings is 1. The molecule has 0 aliphatic carbocycles. The highest BCUT2D eigenvalue weighted by atomic mass is 35.5. The van der Waals surface area contributed by atoms with E-state index >= 15 is 0 Å². The van der Waals surface area contributed by atoms with Crippen LogP contribution in [0.2, 0.25) is 4.34 Å². The molecule has 0 amide bonds. The Morgan fingerprint density at radius 3 is 2.67 bits per heavy atom. The van der Waals surface area contributed by atoms with Crippen molar-refractivity contribution in [3.05, 3.63) is 21.3 Å². The molecule has 48 valence electrons. The van der Waals surface area contributed by atoms with E-state index in [1.165, 1.54) is 22.8 Å². The van der Waals surface area contributed by atoms with Crippen molar-refractivity contribution in [1.82, 2.24) is 0 Å². The molecule has 0 aromatic carbocycles. The average Bonchev–Trinajstić information content (AvgIpc) is 2.14. The van der Waals surface area contributed by atoms with Gasteiger partial charge in [-0.1, -0.05) is 11.6 Å². The fraction of sp³-hybridized carbons (Fsp3) is 0. The Bertz CT molecular complexity index is 231. The number of carbonyl (C=O) groups is 1. The molecule has 0 aliphatic heterocycles. The molecule has 0 unspecified atom stereocenters. The second kappa shape index (κ2) is 2.37. The highest BCUT2D eigenvalue weighted by Crippen LogP contribution is 2.18. The van der Waals surface area contributed by atoms with Gasteiger partial charge in [0.2, 0.25) is 0 Å². The molecule has 4 heteroatoms. The van der Waals surface area contributed by atoms with Crippen LogP contribution in [-0.2, 0) is 0 Å². The van der Waals surface area contributed by atoms with Gasteiger partial charge in [0.05, 0.1) is 10.3 Å². The number of hydrogen-bond donors (Lipinski definition) is 0. The molecule has 1 aromatic rings. The number of carboxylic acids is 1. The zero-order valence-electron chi connectivity index (χ0n) is 4.26. The van der Waals surface area contributed by atoms with E-state index in [4.69, 9.17) is 11.6 Å². The molecule has 0 saturated heterocycles. The summed E-state index contributed by atoms with van der Waals surface area (Å²) in [6.07, 6.45) is 0. The molecule has 2 nitrogen and oxygen atoms in total. The average molecular weight is 162 g/mol. The number of halogens is 1. The summed E-state index contributed by atoms with van der Waals surface area (Å²) < 4.78 is 0.467. The predicted molar refractivity (Wildman–Crippen MR) is 33.7 cm³/mol. The van der Waals surface area contributed by atoms with Crippen LogP contribution < -0.4 is 5.11 Å². The lowest BCUT2D eigenvalue weighted by Gasteiger charge is -1.92. The van der Waals surface area contributed by atoms with Crippen molar-refractivity contribution < 1.29 is 9.90 Å². The number of carboxylic acid groups (broad SMARTS) is 1. The third-order valence-electron chi connectivity index (χ3n) is 0.803. The third kappa shape index (κ3) is 1.43. The minimum Gasteiger partial charge on any atom is -0.545 e. The van der Waals surface area contributed by atoms with Gasteiger partial charge in [0, 0.05) is 10.9 Å². The summed E-state index contributed by atoms with van der Waals surface area (Å²) in [4.78, 5) is 10.1. The lowest BCUT2D eigenvalue weighted by molar-refractivity contribution is -0.255. The van der Waals surface area contributed by atoms with Gasteiger partial charge in [-0.2, -0.15) is 0 Å². The van der Waals surface area contributed by atoms with E-state index in [0.717, 1.165) is 0 Å². The maximum atomic E-state index is 10.1. The molecule has 0 fully saturated rings. The zero-order chi connectivity index (χ0) is 6.85. The quantitative estimate of drug-likeness (QED) is 0.610. The van der Waals surface area contributed by atoms with E-state index in [2.05, 4.69) is 0 Å². The van der Waals surface area contributed by atoms with Crippen LogP contribution >= 0.6 is 22.9 Å². The maximum Gasteiger partial charge on any atom is 0.0935 e. The Balaban J connectivity index is 2.98. The second-order valence-corrected chi connectivity index (χ2v) is 2.97. The fourth-order valence-electron chi connectivity index (χ4n) is 0.417. The Kier molecular flexibility index (Phi) is 1.73. The minimum absolute atomic E-state index is 0.144. The highest BCUT2D eigenvalue weighted by Gasteiger charge is 1.95. The van der Waals surface area contributed by atoms with Crippen molar-refractivity contribution in [2.45, 2.75) is 0 Å². The van der Waals surface area contributed by atoms with Crippen LogP contribution in [0.5, 0.6) is 0 Å². The van der Waals surface area contributed by atoms with Crippen molar-refractivity contribution >= 4 is 28.9 Å². The Morgan fingerprint density at radius 1 is 1.78 bits per heavy atom. The first kappa shape index (κ1) is 6.58. The van der Waals surface area contributed by atoms with Gasteiger partial charge in [-0.3, -0.25) is 0 Å². The van der Waals surface area contributed by atoms with Gasteiger partial charge in [-0.15, -0.1) is 11.3 Å². The van der Waals surface area contributed by atoms with Gasteiger partial charge in [0.15, 0.2) is 0 Å². The number of carbonyl (C=O) groups excluding carboxylic acids is 1. The molecule has 1 aromatic heterocycles. The molecule has 1 heterocycles. The lowest BCUT2D eigenvalue weighted by Crippen LogP contribution is -2.21. The van der Waals surface area contributed by atoms with Gasteiger partial charge in [-0.05, 0) is 6.07 Å². The van der Waals surface area contributed by atoms with Crippen LogP contribution in [0.4, 0.5) is 0 Å². The molecule has 0 spiro atoms. The van der Waals surface area contributed by atoms with Gasteiger partial charge < -0.3 is 9.90 Å². The minimum atomic E-state index is -1.18. The SMILES string of the molecule is O=C([O-])c1csc(Cl)c1. The Labute approximate surface area is 60.7 Å². The van der Waals surface area contributed by atoms with E-state index in [0.29, 0.717) is 4.34 Å². The fourth-order valence-corrected chi connectivity index (χ4v) is 1.27. The molecular formula is C5H2ClO2S-. The normalized spacial score (nSPS) is 9.44. The van der Waals surface area contributed by atoms with Crippen LogP contribution in [0.1, 0.15) is 10.4 Å². The van der Waals surface area contributed by atoms with Gasteiger partial charge in [0.1, 0.15) is 0 Å². The summed E-state index contributed by atoms with van der Waals surface area (Å²) in [6.45, 7) is 0. The summed E-state index contributed by atoms with van der Waals surface area (Å²) in [5.74, 6) is -1.18. The molecule has 0 N–H and O–H groups in total. The van der Waals surface area contributed by atoms with Crippen molar-refractivity contribution in [1.29, 1.82) is 0 Å². The molecule has 0 radical (unpaired) electrons. The van der Waals surface area contributed by atoms with Gasteiger partial charge in [0.25, 0.3) is 0 Å². The zero-order valence-corrected chi connectivity index (χ0v) is 5.83. The van der Waals surface area contributed by atoms with Crippen molar-refractivity contribution in [2.24, 2.45) is 0 Å². The molecule has 0 saturated carbocycles. The summed E-state index contributed by atoms with van der Waals surface area (Å²) in [6, 6.07) is 1.36. The highest BCUT2D eigenvalue weighted by molar-refractivity contribution is 7.14. The largest absolute Gasteiger partial charge is 0.545 e. The van der Waals surface area contributed by atoms with Crippen molar-refractivity contribution in [3.63, 3.8) is 0 Å². The van der Waals surface area contributed by atoms with Crippen molar-refractivity contribution in [2.75, 3.05) is 0 Å². The molecule has 0 bridgehead atoms. The van der Waals surface area contributed by atoms with Crippen LogP contribution in [0.15, 0.2) is 11.4 Å². The van der Waals surface area contributed by atoms with E-state index in [1.54, 1.807) is 0 Å². The monoisotopic (exact) mass is 161 g/mol. The number of hydrogen-bond acceptors (Lipinski definition) is 3. The Hall–Kier alpha value is -0.540. The first-order valence-electron chi connectivity index (χ1n) is 2.15. The summed E-state index contributed by atoms with van der Waals surface area (Å²) in [7, 11) is 0. The number of aromatic carboxylic acids is 1. The second-order valence-electron chi connectivity index (χ2n) is 1.43. The topological polar surface area (TPSA) is 40.1 Å². The van der Waals surface area contributed by atoms with Gasteiger partial charge >= 0.3 is 0 Å². The smallest absolute Gasteiger partial charge is 0.0935 e. The summed E-state index contributed by atoms with van der Waals surface area (Å²) >= 11 is 6.61. The standard InChI is InChI=1S/C5H3ClO2S/c6-4-1-3(2-9-4)5(7)8/h1-2H,(H,7,8)/p-1. The van der Waals surface area contributed by atoms with E-state index < -0.39 is 5.97 Å². The van der Waals surface area contributed by atoms with E-state index in [1.807, 2.05) is 0 Å².